The molecule has 2 heterocycles. The molecule has 1 aromatic rings. The first-order valence-electron chi connectivity index (χ1n) is 7.27. The van der Waals surface area contributed by atoms with Crippen LogP contribution >= 0.6 is 0 Å². The van der Waals surface area contributed by atoms with E-state index in [-0.39, 0.29) is 12.6 Å². The first-order valence-corrected chi connectivity index (χ1v) is 7.27. The van der Waals surface area contributed by atoms with Crippen LogP contribution in [0.25, 0.3) is 0 Å². The molecule has 1 aliphatic heterocycles. The monoisotopic (exact) mass is 264 g/mol. The molecular weight excluding hydrogens is 240 g/mol. The summed E-state index contributed by atoms with van der Waals surface area (Å²) in [6, 6.07) is 2.20. The fourth-order valence-electron chi connectivity index (χ4n) is 2.56. The lowest BCUT2D eigenvalue weighted by Crippen LogP contribution is -2.33. The Morgan fingerprint density at radius 2 is 2.26 bits per heavy atom. The van der Waals surface area contributed by atoms with Gasteiger partial charge in [0.2, 0.25) is 0 Å². The maximum Gasteiger partial charge on any atom is 0.134 e. The minimum absolute atomic E-state index is 0.198. The Labute approximate surface area is 115 Å². The number of nitrogens with one attached hydrogen (secondary N) is 1. The maximum absolute atomic E-state index is 9.44. The smallest absolute Gasteiger partial charge is 0.134 e. The van der Waals surface area contributed by atoms with Gasteiger partial charge in [0.05, 0.1) is 12.6 Å². The van der Waals surface area contributed by atoms with Gasteiger partial charge in [0.15, 0.2) is 0 Å². The summed E-state index contributed by atoms with van der Waals surface area (Å²) < 4.78 is 0. The van der Waals surface area contributed by atoms with Crippen LogP contribution in [-0.2, 0) is 6.42 Å². The number of aliphatic hydroxyl groups excluding tert-OH is 1. The summed E-state index contributed by atoms with van der Waals surface area (Å²) in [5.41, 5.74) is 0. The quantitative estimate of drug-likeness (QED) is 0.820. The molecule has 5 nitrogen and oxygen atoms in total. The molecule has 1 unspecified atom stereocenters. The van der Waals surface area contributed by atoms with E-state index in [1.54, 1.807) is 0 Å². The molecule has 2 rings (SSSR count). The van der Waals surface area contributed by atoms with Crippen molar-refractivity contribution in [3.05, 3.63) is 11.9 Å². The molecule has 1 aromatic heterocycles. The fourth-order valence-corrected chi connectivity index (χ4v) is 2.56. The van der Waals surface area contributed by atoms with Crippen LogP contribution in [0, 0.1) is 0 Å². The van der Waals surface area contributed by atoms with Gasteiger partial charge < -0.3 is 15.3 Å². The van der Waals surface area contributed by atoms with E-state index in [1.807, 2.05) is 6.07 Å². The first-order chi connectivity index (χ1) is 9.28. The standard InChI is InChI=1S/C14H24N4O/c1-3-6-12-16-13(15-4-2)9-14(17-12)18-8-5-7-11(18)10-19/h9,11,19H,3-8,10H2,1-2H3,(H,15,16,17). The van der Waals surface area contributed by atoms with Crippen LogP contribution in [0.1, 0.15) is 38.9 Å². The Kier molecular flexibility index (Phi) is 4.96. The molecular formula is C14H24N4O. The maximum atomic E-state index is 9.44. The highest BCUT2D eigenvalue weighted by atomic mass is 16.3. The third-order valence-electron chi connectivity index (χ3n) is 3.47. The van der Waals surface area contributed by atoms with Crippen LogP contribution in [0.4, 0.5) is 11.6 Å². The van der Waals surface area contributed by atoms with Gasteiger partial charge in [-0.15, -0.1) is 0 Å². The highest BCUT2D eigenvalue weighted by Crippen LogP contribution is 2.25. The predicted molar refractivity (Wildman–Crippen MR) is 77.6 cm³/mol. The van der Waals surface area contributed by atoms with Crippen molar-refractivity contribution in [3.8, 4) is 0 Å². The van der Waals surface area contributed by atoms with Crippen LogP contribution in [0.2, 0.25) is 0 Å². The molecule has 0 aromatic carbocycles. The Morgan fingerprint density at radius 3 is 2.95 bits per heavy atom. The van der Waals surface area contributed by atoms with Gasteiger partial charge in [0, 0.05) is 25.6 Å². The number of aliphatic hydroxyl groups is 1. The Morgan fingerprint density at radius 1 is 1.42 bits per heavy atom. The second-order valence-electron chi connectivity index (χ2n) is 4.98. The lowest BCUT2D eigenvalue weighted by atomic mass is 10.2. The Hall–Kier alpha value is -1.36. The van der Waals surface area contributed by atoms with Crippen molar-refractivity contribution in [3.63, 3.8) is 0 Å². The number of aromatic nitrogens is 2. The van der Waals surface area contributed by atoms with Crippen LogP contribution in [0.3, 0.4) is 0 Å². The van der Waals surface area contributed by atoms with Crippen LogP contribution < -0.4 is 10.2 Å². The molecule has 0 aliphatic carbocycles. The van der Waals surface area contributed by atoms with Crippen LogP contribution in [0.5, 0.6) is 0 Å². The molecule has 0 radical (unpaired) electrons. The molecule has 0 bridgehead atoms. The summed E-state index contributed by atoms with van der Waals surface area (Å²) >= 11 is 0. The first kappa shape index (κ1) is 14.1. The van der Waals surface area contributed by atoms with Crippen molar-refractivity contribution < 1.29 is 5.11 Å². The molecule has 106 valence electrons. The van der Waals surface area contributed by atoms with Crippen molar-refractivity contribution >= 4 is 11.6 Å². The van der Waals surface area contributed by atoms with E-state index in [0.717, 1.165) is 56.2 Å². The van der Waals surface area contributed by atoms with Crippen molar-refractivity contribution in [2.24, 2.45) is 0 Å². The normalized spacial score (nSPS) is 18.9. The van der Waals surface area contributed by atoms with E-state index in [0.29, 0.717) is 0 Å². The predicted octanol–water partition coefficient (Wildman–Crippen LogP) is 1.82. The third-order valence-corrected chi connectivity index (χ3v) is 3.47. The van der Waals surface area contributed by atoms with Crippen molar-refractivity contribution in [2.75, 3.05) is 29.9 Å². The molecule has 1 saturated heterocycles. The topological polar surface area (TPSA) is 61.3 Å². The van der Waals surface area contributed by atoms with Gasteiger partial charge in [0.25, 0.3) is 0 Å². The van der Waals surface area contributed by atoms with E-state index in [9.17, 15) is 5.11 Å². The average molecular weight is 264 g/mol. The highest BCUT2D eigenvalue weighted by molar-refractivity contribution is 5.50. The molecule has 1 fully saturated rings. The lowest BCUT2D eigenvalue weighted by Gasteiger charge is -2.25. The van der Waals surface area contributed by atoms with E-state index in [4.69, 9.17) is 0 Å². The molecule has 0 spiro atoms. The number of hydrogen-bond donors (Lipinski definition) is 2. The molecule has 0 amide bonds. The number of anilines is 2. The van der Waals surface area contributed by atoms with E-state index < -0.39 is 0 Å². The number of rotatable bonds is 6. The molecule has 0 saturated carbocycles. The molecule has 1 atom stereocenters. The highest BCUT2D eigenvalue weighted by Gasteiger charge is 2.25. The van der Waals surface area contributed by atoms with Crippen molar-refractivity contribution in [1.82, 2.24) is 9.97 Å². The Bertz CT molecular complexity index is 386. The summed E-state index contributed by atoms with van der Waals surface area (Å²) in [6.07, 6.45) is 4.09. The zero-order valence-electron chi connectivity index (χ0n) is 11.9. The summed E-state index contributed by atoms with van der Waals surface area (Å²) in [5, 5.41) is 12.7. The van der Waals surface area contributed by atoms with E-state index in [2.05, 4.69) is 34.0 Å². The van der Waals surface area contributed by atoms with Gasteiger partial charge in [-0.1, -0.05) is 6.92 Å². The summed E-state index contributed by atoms with van der Waals surface area (Å²) in [4.78, 5) is 11.4. The van der Waals surface area contributed by atoms with Gasteiger partial charge in [-0.05, 0) is 26.2 Å². The summed E-state index contributed by atoms with van der Waals surface area (Å²) in [5.74, 6) is 2.73. The fraction of sp³-hybridized carbons (Fsp3) is 0.714. The Balaban J connectivity index is 2.27. The minimum atomic E-state index is 0.198. The largest absolute Gasteiger partial charge is 0.394 e. The lowest BCUT2D eigenvalue weighted by molar-refractivity contribution is 0.266. The molecule has 5 heteroatoms. The van der Waals surface area contributed by atoms with Crippen LogP contribution in [-0.4, -0.2) is 40.8 Å². The van der Waals surface area contributed by atoms with Gasteiger partial charge in [-0.2, -0.15) is 0 Å². The van der Waals surface area contributed by atoms with Crippen molar-refractivity contribution in [1.29, 1.82) is 0 Å². The SMILES string of the molecule is CCCc1nc(NCC)cc(N2CCCC2CO)n1. The third kappa shape index (κ3) is 3.35. The number of hydrogen-bond acceptors (Lipinski definition) is 5. The zero-order chi connectivity index (χ0) is 13.7. The summed E-state index contributed by atoms with van der Waals surface area (Å²) in [6.45, 7) is 6.22. The zero-order valence-corrected chi connectivity index (χ0v) is 11.9. The van der Waals surface area contributed by atoms with Gasteiger partial charge in [-0.3, -0.25) is 0 Å². The van der Waals surface area contributed by atoms with Crippen molar-refractivity contribution in [2.45, 2.75) is 45.6 Å². The second-order valence-corrected chi connectivity index (χ2v) is 4.98. The van der Waals surface area contributed by atoms with E-state index >= 15 is 0 Å². The summed E-state index contributed by atoms with van der Waals surface area (Å²) in [7, 11) is 0. The second kappa shape index (κ2) is 6.70. The minimum Gasteiger partial charge on any atom is -0.394 e. The van der Waals surface area contributed by atoms with E-state index in [1.165, 1.54) is 0 Å². The van der Waals surface area contributed by atoms with Crippen LogP contribution in [0.15, 0.2) is 6.07 Å². The number of nitrogens with zero attached hydrogens (tertiary/aromatic N) is 3. The molecule has 19 heavy (non-hydrogen) atoms. The van der Waals surface area contributed by atoms with Gasteiger partial charge in [0.1, 0.15) is 17.5 Å². The number of aryl methyl sites for hydroxylation is 1. The van der Waals surface area contributed by atoms with Gasteiger partial charge in [-0.25, -0.2) is 9.97 Å². The average Bonchev–Trinajstić information content (AvgIpc) is 2.87. The molecule has 1 aliphatic rings. The molecule has 2 N–H and O–H groups in total. The van der Waals surface area contributed by atoms with Gasteiger partial charge >= 0.3 is 0 Å².